The van der Waals surface area contributed by atoms with Gasteiger partial charge in [-0.3, -0.25) is 0 Å². The number of β-amino-alcohol motifs (C(OH)–C–C–N with tert-alkyl or cyclic N) is 1. The Labute approximate surface area is 305 Å². The normalized spacial score (nSPS) is 21.9. The number of aryl methyl sites for hydroxylation is 1. The van der Waals surface area contributed by atoms with Crippen LogP contribution in [0.2, 0.25) is 0 Å². The van der Waals surface area contributed by atoms with Crippen molar-refractivity contribution in [2.75, 3.05) is 57.9 Å². The minimum Gasteiger partial charge on any atom is -0.508 e. The lowest BCUT2D eigenvalue weighted by molar-refractivity contribution is -0.192. The van der Waals surface area contributed by atoms with Crippen LogP contribution >= 0.6 is 0 Å². The lowest BCUT2D eigenvalue weighted by Gasteiger charge is -2.40. The molecule has 17 heteroatoms. The number of carboxylic acids is 1. The molecule has 3 aromatic carbocycles. The van der Waals surface area contributed by atoms with E-state index in [1.165, 1.54) is 24.3 Å². The molecule has 2 aliphatic heterocycles. The lowest BCUT2D eigenvalue weighted by atomic mass is 9.78. The zero-order chi connectivity index (χ0) is 39.7. The Morgan fingerprint density at radius 1 is 1.07 bits per heavy atom. The highest BCUT2D eigenvalue weighted by Crippen LogP contribution is 2.42. The van der Waals surface area contributed by atoms with Crippen molar-refractivity contribution < 1.29 is 60.3 Å². The molecule has 54 heavy (non-hydrogen) atoms. The molecule has 0 unspecified atom stereocenters. The van der Waals surface area contributed by atoms with Crippen LogP contribution in [0.3, 0.4) is 0 Å². The molecule has 2 atom stereocenters. The Hall–Kier alpha value is -4.74. The van der Waals surface area contributed by atoms with Gasteiger partial charge < -0.3 is 34.6 Å². The number of nitrogens with zero attached hydrogens (tertiary/aromatic N) is 4. The SMILES string of the molecule is CCc1c(F)ccc2cc(O)cc(-c3c(F)cc4c(N5CCOC[C@@](C)(O)C5)nc(OC[C@]5(C)CN(C)CC/C5=C\F)nc4c3F)c12.O=C(O)C(F)(F)F. The van der Waals surface area contributed by atoms with Gasteiger partial charge >= 0.3 is 18.2 Å². The van der Waals surface area contributed by atoms with Crippen LogP contribution in [0, 0.1) is 22.9 Å². The van der Waals surface area contributed by atoms with Crippen molar-refractivity contribution in [2.45, 2.75) is 45.4 Å². The molecule has 0 saturated carbocycles. The Kier molecular flexibility index (Phi) is 11.6. The number of likely N-dealkylation sites (tertiary alicyclic amines) is 1. The number of piperidine rings is 1. The van der Waals surface area contributed by atoms with Gasteiger partial charge in [0, 0.05) is 30.4 Å². The molecule has 0 spiro atoms. The van der Waals surface area contributed by atoms with Crippen LogP contribution in [0.25, 0.3) is 32.8 Å². The third kappa shape index (κ3) is 8.47. The predicted molar refractivity (Wildman–Crippen MR) is 186 cm³/mol. The van der Waals surface area contributed by atoms with E-state index in [0.717, 1.165) is 6.07 Å². The summed E-state index contributed by atoms with van der Waals surface area (Å²) in [6.07, 6.45) is -3.73. The number of anilines is 1. The number of alkyl halides is 3. The summed E-state index contributed by atoms with van der Waals surface area (Å²) in [5.41, 5.74) is -2.01. The highest BCUT2D eigenvalue weighted by Gasteiger charge is 2.39. The van der Waals surface area contributed by atoms with E-state index in [-0.39, 0.29) is 84.3 Å². The number of carboxylic acid groups (broad SMARTS) is 1. The number of aliphatic hydroxyl groups is 1. The summed E-state index contributed by atoms with van der Waals surface area (Å²) < 4.78 is 105. The van der Waals surface area contributed by atoms with Crippen LogP contribution < -0.4 is 9.64 Å². The monoisotopic (exact) mass is 768 g/mol. The number of rotatable bonds is 6. The fourth-order valence-corrected chi connectivity index (χ4v) is 6.88. The van der Waals surface area contributed by atoms with Crippen molar-refractivity contribution in [1.29, 1.82) is 0 Å². The minimum absolute atomic E-state index is 0.0214. The van der Waals surface area contributed by atoms with Crippen molar-refractivity contribution in [2.24, 2.45) is 5.41 Å². The Morgan fingerprint density at radius 3 is 2.43 bits per heavy atom. The van der Waals surface area contributed by atoms with Gasteiger partial charge in [-0.05, 0) is 78.6 Å². The number of aromatic nitrogens is 2. The van der Waals surface area contributed by atoms with E-state index in [1.807, 2.05) is 14.0 Å². The fraction of sp³-hybridized carbons (Fsp3) is 0.432. The van der Waals surface area contributed by atoms with E-state index >= 15 is 8.78 Å². The molecule has 2 fully saturated rings. The van der Waals surface area contributed by atoms with Crippen LogP contribution in [0.1, 0.15) is 32.8 Å². The van der Waals surface area contributed by atoms with Crippen LogP contribution in [-0.4, -0.2) is 101 Å². The van der Waals surface area contributed by atoms with Crippen molar-refractivity contribution in [1.82, 2.24) is 14.9 Å². The lowest BCUT2D eigenvalue weighted by Crippen LogP contribution is -2.44. The first-order valence-electron chi connectivity index (χ1n) is 16.9. The minimum atomic E-state index is -5.08. The van der Waals surface area contributed by atoms with Crippen LogP contribution in [0.5, 0.6) is 11.8 Å². The second kappa shape index (κ2) is 15.5. The van der Waals surface area contributed by atoms with E-state index in [1.54, 1.807) is 18.7 Å². The molecule has 3 N–H and O–H groups in total. The zero-order valence-electron chi connectivity index (χ0n) is 29.8. The molecule has 1 aromatic heterocycles. The number of aromatic hydroxyl groups is 1. The molecule has 10 nitrogen and oxygen atoms in total. The summed E-state index contributed by atoms with van der Waals surface area (Å²) in [7, 11) is 1.93. The van der Waals surface area contributed by atoms with E-state index < -0.39 is 46.2 Å². The highest BCUT2D eigenvalue weighted by molar-refractivity contribution is 6.03. The second-order valence-electron chi connectivity index (χ2n) is 14.0. The molecule has 2 saturated heterocycles. The maximum atomic E-state index is 16.9. The average Bonchev–Trinajstić information content (AvgIpc) is 3.27. The molecule has 292 valence electrons. The quantitative estimate of drug-likeness (QED) is 0.178. The van der Waals surface area contributed by atoms with E-state index in [0.29, 0.717) is 36.8 Å². The number of phenolic OH excluding ortho intramolecular Hbond substituents is 1. The average molecular weight is 769 g/mol. The third-order valence-electron chi connectivity index (χ3n) is 9.42. The molecule has 2 aliphatic rings. The van der Waals surface area contributed by atoms with Gasteiger partial charge in [-0.25, -0.2) is 22.4 Å². The van der Waals surface area contributed by atoms with Gasteiger partial charge in [0.15, 0.2) is 5.82 Å². The van der Waals surface area contributed by atoms with Crippen molar-refractivity contribution >= 4 is 33.5 Å². The summed E-state index contributed by atoms with van der Waals surface area (Å²) in [6.45, 7) is 6.91. The van der Waals surface area contributed by atoms with Gasteiger partial charge in [0.1, 0.15) is 40.9 Å². The topological polar surface area (TPSA) is 128 Å². The molecule has 0 aliphatic carbocycles. The number of carbonyl (C=O) groups is 1. The van der Waals surface area contributed by atoms with Crippen molar-refractivity contribution in [3.8, 4) is 22.9 Å². The first-order valence-corrected chi connectivity index (χ1v) is 16.9. The van der Waals surface area contributed by atoms with E-state index in [2.05, 4.69) is 14.9 Å². The number of phenols is 1. The number of aliphatic carboxylic acids is 1. The third-order valence-corrected chi connectivity index (χ3v) is 9.42. The zero-order valence-corrected chi connectivity index (χ0v) is 29.8. The Balaban J connectivity index is 0.000000730. The first kappa shape index (κ1) is 40.4. The van der Waals surface area contributed by atoms with Crippen molar-refractivity contribution in [3.63, 3.8) is 0 Å². The number of hydrogen-bond acceptors (Lipinski definition) is 9. The Bertz CT molecular complexity index is 2090. The van der Waals surface area contributed by atoms with Gasteiger partial charge in [-0.1, -0.05) is 19.9 Å². The molecule has 0 amide bonds. The van der Waals surface area contributed by atoms with Gasteiger partial charge in [0.2, 0.25) is 0 Å². The number of hydrogen-bond donors (Lipinski definition) is 3. The van der Waals surface area contributed by atoms with Gasteiger partial charge in [-0.15, -0.1) is 0 Å². The molecule has 4 aromatic rings. The number of fused-ring (bicyclic) bond motifs is 2. The Morgan fingerprint density at radius 2 is 1.78 bits per heavy atom. The molecule has 6 rings (SSSR count). The summed E-state index contributed by atoms with van der Waals surface area (Å²) in [4.78, 5) is 21.6. The molecule has 0 bridgehead atoms. The molecular formula is C37H39F7N4O6. The maximum Gasteiger partial charge on any atom is 0.490 e. The molecule has 3 heterocycles. The smallest absolute Gasteiger partial charge is 0.490 e. The largest absolute Gasteiger partial charge is 0.508 e. The van der Waals surface area contributed by atoms with Gasteiger partial charge in [0.05, 0.1) is 31.7 Å². The summed E-state index contributed by atoms with van der Waals surface area (Å²) in [6, 6.07) is 6.22. The van der Waals surface area contributed by atoms with E-state index in [9.17, 15) is 32.2 Å². The van der Waals surface area contributed by atoms with Crippen molar-refractivity contribution in [3.05, 3.63) is 65.2 Å². The standard InChI is InChI=1S/C35H38F4N4O4.C2HF3O2/c1-5-23-26(37)7-6-20-12-22(44)13-24(28(20)23)29-27(38)14-25-31(30(29)39)40-33(41-32(25)43-10-11-46-19-35(3,45)17-43)47-18-34(2)16-42(4)9-8-21(34)15-36;3-2(4,5)1(6)7/h6-7,12-15,44-45H,5,8-11,16-19H2,1-4H3;(H,6,7)/b21-15+;/t34-,35-;/m0./s1. The van der Waals surface area contributed by atoms with Crippen LogP contribution in [0.15, 0.2) is 42.2 Å². The predicted octanol–water partition coefficient (Wildman–Crippen LogP) is 6.93. The number of halogens is 7. The van der Waals surface area contributed by atoms with Gasteiger partial charge in [-0.2, -0.15) is 23.1 Å². The summed E-state index contributed by atoms with van der Waals surface area (Å²) >= 11 is 0. The van der Waals surface area contributed by atoms with Gasteiger partial charge in [0.25, 0.3) is 0 Å². The van der Waals surface area contributed by atoms with E-state index in [4.69, 9.17) is 19.4 Å². The number of ether oxygens (including phenoxy) is 2. The highest BCUT2D eigenvalue weighted by atomic mass is 19.4. The maximum absolute atomic E-state index is 16.9. The first-order chi connectivity index (χ1) is 25.3. The molecular weight excluding hydrogens is 729 g/mol. The summed E-state index contributed by atoms with van der Waals surface area (Å²) in [5, 5.41) is 29.3. The van der Waals surface area contributed by atoms with Crippen LogP contribution in [-0.2, 0) is 16.0 Å². The number of benzene rings is 3. The summed E-state index contributed by atoms with van der Waals surface area (Å²) in [5.74, 6) is -5.45. The fourth-order valence-electron chi connectivity index (χ4n) is 6.88. The second-order valence-corrected chi connectivity index (χ2v) is 14.0. The van der Waals surface area contributed by atoms with Crippen LogP contribution in [0.4, 0.5) is 36.6 Å². The molecule has 0 radical (unpaired) electrons.